The molecule has 1 rings (SSSR count). The van der Waals surface area contributed by atoms with Crippen LogP contribution in [0.5, 0.6) is 0 Å². The summed E-state index contributed by atoms with van der Waals surface area (Å²) in [6, 6.07) is 7.27. The second-order valence-electron chi connectivity index (χ2n) is 4.72. The van der Waals surface area contributed by atoms with Gasteiger partial charge in [0.1, 0.15) is 0 Å². The number of hydrogen-bond acceptors (Lipinski definition) is 1. The zero-order valence-electron chi connectivity index (χ0n) is 10.6. The van der Waals surface area contributed by atoms with Gasteiger partial charge in [-0.1, -0.05) is 45.0 Å². The average Bonchev–Trinajstić information content (AvgIpc) is 2.28. The summed E-state index contributed by atoms with van der Waals surface area (Å²) >= 11 is 0. The van der Waals surface area contributed by atoms with E-state index >= 15 is 0 Å². The minimum absolute atomic E-state index is 0.246. The zero-order chi connectivity index (χ0) is 13.1. The summed E-state index contributed by atoms with van der Waals surface area (Å²) in [5.41, 5.74) is 0.266. The molecule has 3 heteroatoms. The molecule has 0 fully saturated rings. The van der Waals surface area contributed by atoms with Gasteiger partial charge in [-0.05, 0) is 23.5 Å². The Balaban J connectivity index is 3.04. The maximum Gasteiger partial charge on any atom is 0.241 e. The van der Waals surface area contributed by atoms with Gasteiger partial charge in [-0.2, -0.15) is 0 Å². The Labute approximate surface area is 101 Å². The van der Waals surface area contributed by atoms with E-state index in [2.05, 4.69) is 0 Å². The number of aryl methyl sites for hydroxylation is 1. The Morgan fingerprint density at radius 2 is 1.71 bits per heavy atom. The quantitative estimate of drug-likeness (QED) is 0.833. The van der Waals surface area contributed by atoms with Gasteiger partial charge in [-0.15, -0.1) is 0 Å². The number of hydrogen-bond donors (Lipinski definition) is 1. The molecule has 17 heavy (non-hydrogen) atoms. The summed E-state index contributed by atoms with van der Waals surface area (Å²) in [5.74, 6) is -0.246. The standard InChI is InChI=1S/C14H20F2O/c1-4-11-5-7-12(8-6-11)14(17,10(2)3)9-13(15)16/h5-8,10,13,17H,4,9H2,1-3H3. The van der Waals surface area contributed by atoms with Gasteiger partial charge in [-0.3, -0.25) is 0 Å². The molecule has 1 N–H and O–H groups in total. The Hall–Kier alpha value is -0.960. The normalized spacial score (nSPS) is 15.3. The van der Waals surface area contributed by atoms with Crippen LogP contribution in [0.15, 0.2) is 24.3 Å². The van der Waals surface area contributed by atoms with Gasteiger partial charge in [0.2, 0.25) is 6.43 Å². The van der Waals surface area contributed by atoms with E-state index in [-0.39, 0.29) is 5.92 Å². The number of rotatable bonds is 5. The Morgan fingerprint density at radius 1 is 1.18 bits per heavy atom. The number of aliphatic hydroxyl groups is 1. The van der Waals surface area contributed by atoms with Crippen molar-refractivity contribution in [3.63, 3.8) is 0 Å². The molecule has 0 saturated carbocycles. The highest BCUT2D eigenvalue weighted by Crippen LogP contribution is 2.35. The molecule has 0 heterocycles. The first-order chi connectivity index (χ1) is 7.90. The van der Waals surface area contributed by atoms with Gasteiger partial charge >= 0.3 is 0 Å². The summed E-state index contributed by atoms with van der Waals surface area (Å²) in [5, 5.41) is 10.4. The molecule has 0 aromatic heterocycles. The number of halogens is 2. The lowest BCUT2D eigenvalue weighted by Crippen LogP contribution is -2.34. The first-order valence-electron chi connectivity index (χ1n) is 6.00. The van der Waals surface area contributed by atoms with Crippen LogP contribution in [0, 0.1) is 5.92 Å². The minimum atomic E-state index is -2.51. The first-order valence-corrected chi connectivity index (χ1v) is 6.00. The lowest BCUT2D eigenvalue weighted by Gasteiger charge is -2.32. The molecule has 0 aliphatic heterocycles. The van der Waals surface area contributed by atoms with Crippen LogP contribution in [0.1, 0.15) is 38.3 Å². The summed E-state index contributed by atoms with van der Waals surface area (Å²) in [6.45, 7) is 5.55. The Morgan fingerprint density at radius 3 is 2.06 bits per heavy atom. The van der Waals surface area contributed by atoms with Crippen molar-refractivity contribution in [2.24, 2.45) is 5.92 Å². The van der Waals surface area contributed by atoms with E-state index in [1.54, 1.807) is 26.0 Å². The van der Waals surface area contributed by atoms with Gasteiger partial charge in [-0.25, -0.2) is 8.78 Å². The molecule has 1 aromatic carbocycles. The Bertz CT molecular complexity index is 346. The van der Waals surface area contributed by atoms with Gasteiger partial charge in [0, 0.05) is 6.42 Å². The highest BCUT2D eigenvalue weighted by molar-refractivity contribution is 5.27. The highest BCUT2D eigenvalue weighted by atomic mass is 19.3. The zero-order valence-corrected chi connectivity index (χ0v) is 10.6. The number of alkyl halides is 2. The minimum Gasteiger partial charge on any atom is -0.385 e. The van der Waals surface area contributed by atoms with E-state index in [4.69, 9.17) is 0 Å². The van der Waals surface area contributed by atoms with E-state index in [1.165, 1.54) is 0 Å². The van der Waals surface area contributed by atoms with Crippen LogP contribution >= 0.6 is 0 Å². The van der Waals surface area contributed by atoms with Crippen molar-refractivity contribution >= 4 is 0 Å². The van der Waals surface area contributed by atoms with Crippen LogP contribution in [0.4, 0.5) is 8.78 Å². The summed E-state index contributed by atoms with van der Waals surface area (Å²) in [4.78, 5) is 0. The van der Waals surface area contributed by atoms with E-state index in [0.29, 0.717) is 5.56 Å². The second-order valence-corrected chi connectivity index (χ2v) is 4.72. The van der Waals surface area contributed by atoms with Gasteiger partial charge in [0.05, 0.1) is 5.60 Å². The summed E-state index contributed by atoms with van der Waals surface area (Å²) in [7, 11) is 0. The molecular weight excluding hydrogens is 222 g/mol. The fraction of sp³-hybridized carbons (Fsp3) is 0.571. The average molecular weight is 242 g/mol. The maximum absolute atomic E-state index is 12.6. The van der Waals surface area contributed by atoms with Gasteiger partial charge in [0.15, 0.2) is 0 Å². The third kappa shape index (κ3) is 3.25. The predicted octanol–water partition coefficient (Wildman–Crippen LogP) is 3.75. The van der Waals surface area contributed by atoms with E-state index in [1.807, 2.05) is 19.1 Å². The first kappa shape index (κ1) is 14.1. The topological polar surface area (TPSA) is 20.2 Å². The molecule has 96 valence electrons. The molecule has 1 aromatic rings. The summed E-state index contributed by atoms with van der Waals surface area (Å²) < 4.78 is 25.1. The SMILES string of the molecule is CCc1ccc(C(O)(CC(F)F)C(C)C)cc1. The molecule has 0 radical (unpaired) electrons. The van der Waals surface area contributed by atoms with Crippen molar-refractivity contribution < 1.29 is 13.9 Å². The molecule has 0 aliphatic carbocycles. The second kappa shape index (κ2) is 5.58. The molecule has 0 aliphatic rings. The van der Waals surface area contributed by atoms with Gasteiger partial charge < -0.3 is 5.11 Å². The lowest BCUT2D eigenvalue weighted by molar-refractivity contribution is -0.0606. The van der Waals surface area contributed by atoms with Crippen LogP contribution in [0.2, 0.25) is 0 Å². The lowest BCUT2D eigenvalue weighted by atomic mass is 9.80. The fourth-order valence-corrected chi connectivity index (χ4v) is 1.95. The molecule has 0 saturated heterocycles. The van der Waals surface area contributed by atoms with E-state index in [0.717, 1.165) is 12.0 Å². The highest BCUT2D eigenvalue weighted by Gasteiger charge is 2.36. The van der Waals surface area contributed by atoms with Crippen LogP contribution in [0.25, 0.3) is 0 Å². The molecule has 1 atom stereocenters. The third-order valence-corrected chi connectivity index (χ3v) is 3.28. The third-order valence-electron chi connectivity index (χ3n) is 3.28. The monoisotopic (exact) mass is 242 g/mol. The van der Waals surface area contributed by atoms with E-state index < -0.39 is 18.4 Å². The molecule has 0 amide bonds. The van der Waals surface area contributed by atoms with Gasteiger partial charge in [0.25, 0.3) is 0 Å². The van der Waals surface area contributed by atoms with E-state index in [9.17, 15) is 13.9 Å². The maximum atomic E-state index is 12.6. The summed E-state index contributed by atoms with van der Waals surface area (Å²) in [6.07, 6.45) is -2.13. The smallest absolute Gasteiger partial charge is 0.241 e. The van der Waals surface area contributed by atoms with Crippen molar-refractivity contribution in [3.8, 4) is 0 Å². The Kier molecular flexibility index (Phi) is 4.63. The van der Waals surface area contributed by atoms with Crippen molar-refractivity contribution in [3.05, 3.63) is 35.4 Å². The molecule has 0 spiro atoms. The van der Waals surface area contributed by atoms with Crippen molar-refractivity contribution in [1.82, 2.24) is 0 Å². The van der Waals surface area contributed by atoms with Crippen LogP contribution in [-0.4, -0.2) is 11.5 Å². The predicted molar refractivity (Wildman–Crippen MR) is 65.2 cm³/mol. The van der Waals surface area contributed by atoms with Crippen molar-refractivity contribution in [2.75, 3.05) is 0 Å². The van der Waals surface area contributed by atoms with Crippen LogP contribution in [-0.2, 0) is 12.0 Å². The van der Waals surface area contributed by atoms with Crippen LogP contribution < -0.4 is 0 Å². The van der Waals surface area contributed by atoms with Crippen molar-refractivity contribution in [1.29, 1.82) is 0 Å². The largest absolute Gasteiger partial charge is 0.385 e. The number of benzene rings is 1. The van der Waals surface area contributed by atoms with Crippen molar-refractivity contribution in [2.45, 2.75) is 45.6 Å². The molecule has 1 nitrogen and oxygen atoms in total. The molecule has 1 unspecified atom stereocenters. The fourth-order valence-electron chi connectivity index (χ4n) is 1.95. The molecule has 0 bridgehead atoms. The molecular formula is C14H20F2O. The van der Waals surface area contributed by atoms with Crippen LogP contribution in [0.3, 0.4) is 0 Å².